The normalized spacial score (nSPS) is 11.2. The molecule has 27 heavy (non-hydrogen) atoms. The van der Waals surface area contributed by atoms with Crippen molar-refractivity contribution in [1.29, 1.82) is 0 Å². The van der Waals surface area contributed by atoms with Gasteiger partial charge in [-0.1, -0.05) is 26.0 Å². The van der Waals surface area contributed by atoms with Crippen LogP contribution in [0.1, 0.15) is 49.5 Å². The molecule has 0 radical (unpaired) electrons. The van der Waals surface area contributed by atoms with Gasteiger partial charge in [-0.25, -0.2) is 0 Å². The number of hydrogen-bond acceptors (Lipinski definition) is 3. The first kappa shape index (κ1) is 20.1. The van der Waals surface area contributed by atoms with Gasteiger partial charge in [0.05, 0.1) is 0 Å². The van der Waals surface area contributed by atoms with Crippen LogP contribution in [0.4, 0.5) is 11.4 Å². The topological polar surface area (TPSA) is 75.3 Å². The highest BCUT2D eigenvalue weighted by Gasteiger charge is 2.08. The molecule has 2 N–H and O–H groups in total. The summed E-state index contributed by atoms with van der Waals surface area (Å²) in [6.45, 7) is 7.27. The van der Waals surface area contributed by atoms with Gasteiger partial charge in [-0.2, -0.15) is 0 Å². The Kier molecular flexibility index (Phi) is 6.66. The minimum Gasteiger partial charge on any atom is -0.323 e. The molecule has 2 aromatic rings. The predicted octanol–water partition coefficient (Wildman–Crippen LogP) is 4.54. The number of nitrogens with one attached hydrogen (secondary N) is 2. The SMILES string of the molecule is CC(=O)c1ccc(NC(=O)/C=C(/C)C(=O)Nc2ccc(C(C)C)cc2)cc1. The van der Waals surface area contributed by atoms with Crippen molar-refractivity contribution in [1.82, 2.24) is 0 Å². The Morgan fingerprint density at radius 2 is 1.33 bits per heavy atom. The zero-order valence-corrected chi connectivity index (χ0v) is 16.0. The van der Waals surface area contributed by atoms with Crippen molar-refractivity contribution >= 4 is 29.0 Å². The predicted molar refractivity (Wildman–Crippen MR) is 108 cm³/mol. The first-order valence-corrected chi connectivity index (χ1v) is 8.78. The Balaban J connectivity index is 1.97. The second kappa shape index (κ2) is 8.94. The third kappa shape index (κ3) is 5.92. The number of Topliss-reactive ketones (excluding diaryl/α,β-unsaturated/α-hetero) is 1. The third-order valence-electron chi connectivity index (χ3n) is 4.10. The van der Waals surface area contributed by atoms with E-state index in [9.17, 15) is 14.4 Å². The average Bonchev–Trinajstić information content (AvgIpc) is 2.62. The van der Waals surface area contributed by atoms with Crippen LogP contribution in [0, 0.1) is 0 Å². The van der Waals surface area contributed by atoms with Crippen LogP contribution in [0.25, 0.3) is 0 Å². The zero-order valence-electron chi connectivity index (χ0n) is 16.0. The number of rotatable bonds is 6. The van der Waals surface area contributed by atoms with Crippen LogP contribution in [0.15, 0.2) is 60.2 Å². The van der Waals surface area contributed by atoms with E-state index in [4.69, 9.17) is 0 Å². The second-order valence-corrected chi connectivity index (χ2v) is 6.68. The van der Waals surface area contributed by atoms with Crippen molar-refractivity contribution in [3.63, 3.8) is 0 Å². The number of carbonyl (C=O) groups excluding carboxylic acids is 3. The van der Waals surface area contributed by atoms with Gasteiger partial charge in [-0.05, 0) is 61.7 Å². The average molecular weight is 364 g/mol. The van der Waals surface area contributed by atoms with Crippen LogP contribution < -0.4 is 10.6 Å². The van der Waals surface area contributed by atoms with Crippen molar-refractivity contribution < 1.29 is 14.4 Å². The lowest BCUT2D eigenvalue weighted by Crippen LogP contribution is -2.16. The minimum absolute atomic E-state index is 0.0401. The molecule has 0 aliphatic rings. The van der Waals surface area contributed by atoms with Crippen molar-refractivity contribution in [3.05, 3.63) is 71.3 Å². The second-order valence-electron chi connectivity index (χ2n) is 6.68. The van der Waals surface area contributed by atoms with E-state index >= 15 is 0 Å². The highest BCUT2D eigenvalue weighted by atomic mass is 16.2. The van der Waals surface area contributed by atoms with Crippen LogP contribution in [-0.4, -0.2) is 17.6 Å². The van der Waals surface area contributed by atoms with Gasteiger partial charge in [-0.3, -0.25) is 14.4 Å². The van der Waals surface area contributed by atoms with Crippen molar-refractivity contribution in [3.8, 4) is 0 Å². The summed E-state index contributed by atoms with van der Waals surface area (Å²) in [5.74, 6) is -0.367. The Labute approximate surface area is 159 Å². The fourth-order valence-corrected chi connectivity index (χ4v) is 2.41. The molecule has 2 aromatic carbocycles. The number of hydrogen-bond donors (Lipinski definition) is 2. The maximum atomic E-state index is 12.2. The Morgan fingerprint density at radius 3 is 1.85 bits per heavy atom. The van der Waals surface area contributed by atoms with E-state index in [0.29, 0.717) is 28.4 Å². The summed E-state index contributed by atoms with van der Waals surface area (Å²) in [6, 6.07) is 14.2. The molecule has 0 aromatic heterocycles. The van der Waals surface area contributed by atoms with E-state index in [2.05, 4.69) is 24.5 Å². The fourth-order valence-electron chi connectivity index (χ4n) is 2.41. The van der Waals surface area contributed by atoms with E-state index in [0.717, 1.165) is 0 Å². The van der Waals surface area contributed by atoms with Crippen LogP contribution in [0.2, 0.25) is 0 Å². The molecule has 2 amide bonds. The lowest BCUT2D eigenvalue weighted by Gasteiger charge is -2.09. The molecule has 0 heterocycles. The Hall–Kier alpha value is -3.21. The van der Waals surface area contributed by atoms with E-state index in [1.54, 1.807) is 31.2 Å². The van der Waals surface area contributed by atoms with Crippen LogP contribution >= 0.6 is 0 Å². The summed E-state index contributed by atoms with van der Waals surface area (Å²) >= 11 is 0. The van der Waals surface area contributed by atoms with Crippen molar-refractivity contribution in [2.24, 2.45) is 0 Å². The van der Waals surface area contributed by atoms with Gasteiger partial charge in [0.2, 0.25) is 5.91 Å². The molecule has 0 unspecified atom stereocenters. The van der Waals surface area contributed by atoms with Crippen LogP contribution in [0.3, 0.4) is 0 Å². The molecule has 0 spiro atoms. The largest absolute Gasteiger partial charge is 0.323 e. The van der Waals surface area contributed by atoms with Crippen molar-refractivity contribution in [2.45, 2.75) is 33.6 Å². The summed E-state index contributed by atoms with van der Waals surface area (Å²) in [7, 11) is 0. The number of anilines is 2. The molecule has 0 aliphatic heterocycles. The molecular weight excluding hydrogens is 340 g/mol. The summed E-state index contributed by atoms with van der Waals surface area (Å²) < 4.78 is 0. The van der Waals surface area contributed by atoms with Gasteiger partial charge in [0.15, 0.2) is 5.78 Å². The smallest absolute Gasteiger partial charge is 0.251 e. The van der Waals surface area contributed by atoms with E-state index in [1.165, 1.54) is 18.6 Å². The molecule has 5 heteroatoms. The highest BCUT2D eigenvalue weighted by Crippen LogP contribution is 2.17. The lowest BCUT2D eigenvalue weighted by molar-refractivity contribution is -0.114. The molecule has 0 bridgehead atoms. The van der Waals surface area contributed by atoms with Gasteiger partial charge in [0.1, 0.15) is 0 Å². The van der Waals surface area contributed by atoms with Crippen molar-refractivity contribution in [2.75, 3.05) is 10.6 Å². The molecule has 0 saturated carbocycles. The summed E-state index contributed by atoms with van der Waals surface area (Å²) in [4.78, 5) is 35.6. The lowest BCUT2D eigenvalue weighted by atomic mass is 10.0. The Bertz CT molecular complexity index is 863. The highest BCUT2D eigenvalue weighted by molar-refractivity contribution is 6.10. The van der Waals surface area contributed by atoms with Gasteiger partial charge in [0, 0.05) is 28.6 Å². The maximum absolute atomic E-state index is 12.2. The molecular formula is C22H24N2O3. The van der Waals surface area contributed by atoms with E-state index in [-0.39, 0.29) is 11.7 Å². The van der Waals surface area contributed by atoms with Gasteiger partial charge < -0.3 is 10.6 Å². The number of ketones is 1. The number of benzene rings is 2. The molecule has 2 rings (SSSR count). The number of amides is 2. The summed E-state index contributed by atoms with van der Waals surface area (Å²) in [5, 5.41) is 5.44. The first-order valence-electron chi connectivity index (χ1n) is 8.78. The Morgan fingerprint density at radius 1 is 0.815 bits per heavy atom. The summed E-state index contributed by atoms with van der Waals surface area (Å²) in [5.41, 5.74) is 3.29. The van der Waals surface area contributed by atoms with Gasteiger partial charge in [-0.15, -0.1) is 0 Å². The van der Waals surface area contributed by atoms with Gasteiger partial charge >= 0.3 is 0 Å². The standard InChI is InChI=1S/C22H24N2O3/c1-14(2)17-5-9-20(10-6-17)24-22(27)15(3)13-21(26)23-19-11-7-18(8-12-19)16(4)25/h5-14H,1-4H3,(H,23,26)(H,24,27)/b15-13-. The summed E-state index contributed by atoms with van der Waals surface area (Å²) in [6.07, 6.45) is 1.25. The third-order valence-corrected chi connectivity index (χ3v) is 4.10. The number of carbonyl (C=O) groups is 3. The van der Waals surface area contributed by atoms with Crippen LogP contribution in [-0.2, 0) is 9.59 Å². The zero-order chi connectivity index (χ0) is 20.0. The first-order chi connectivity index (χ1) is 12.8. The quantitative estimate of drug-likeness (QED) is 0.584. The molecule has 0 atom stereocenters. The van der Waals surface area contributed by atoms with Gasteiger partial charge in [0.25, 0.3) is 5.91 Å². The molecule has 140 valence electrons. The minimum atomic E-state index is -0.409. The van der Waals surface area contributed by atoms with Crippen LogP contribution in [0.5, 0.6) is 0 Å². The monoisotopic (exact) mass is 364 g/mol. The molecule has 0 aliphatic carbocycles. The molecule has 0 saturated heterocycles. The van der Waals surface area contributed by atoms with E-state index < -0.39 is 5.91 Å². The fraction of sp³-hybridized carbons (Fsp3) is 0.227. The molecule has 0 fully saturated rings. The maximum Gasteiger partial charge on any atom is 0.251 e. The van der Waals surface area contributed by atoms with E-state index in [1.807, 2.05) is 24.3 Å². The molecule has 5 nitrogen and oxygen atoms in total.